The molecule has 0 bridgehead atoms. The molecule has 5 nitrogen and oxygen atoms in total. The zero-order chi connectivity index (χ0) is 9.42. The van der Waals surface area contributed by atoms with E-state index in [0.717, 1.165) is 11.1 Å². The molecule has 2 aromatic heterocycles. The number of aromatic carboxylic acids is 1. The van der Waals surface area contributed by atoms with Gasteiger partial charge in [0.25, 0.3) is 0 Å². The number of H-pyrrole nitrogens is 1. The maximum absolute atomic E-state index is 10.7. The summed E-state index contributed by atoms with van der Waals surface area (Å²) in [5, 5.41) is 16.2. The van der Waals surface area contributed by atoms with Gasteiger partial charge in [-0.2, -0.15) is 5.10 Å². The maximum atomic E-state index is 10.7. The van der Waals surface area contributed by atoms with Gasteiger partial charge in [0.15, 0.2) is 5.69 Å². The van der Waals surface area contributed by atoms with Gasteiger partial charge in [0.05, 0.1) is 0 Å². The Labute approximate surface area is 73.4 Å². The van der Waals surface area contributed by atoms with Crippen molar-refractivity contribution in [1.29, 1.82) is 0 Å². The number of aryl methyl sites for hydroxylation is 1. The van der Waals surface area contributed by atoms with Crippen LogP contribution in [0.25, 0.3) is 10.9 Å². The van der Waals surface area contributed by atoms with Crippen molar-refractivity contribution in [3.63, 3.8) is 0 Å². The van der Waals surface area contributed by atoms with E-state index >= 15 is 0 Å². The first-order chi connectivity index (χ1) is 6.20. The molecule has 2 rings (SSSR count). The second-order valence-corrected chi connectivity index (χ2v) is 2.71. The van der Waals surface area contributed by atoms with Crippen LogP contribution in [0.3, 0.4) is 0 Å². The number of aromatic amines is 1. The molecule has 0 spiro atoms. The Morgan fingerprint density at radius 3 is 3.08 bits per heavy atom. The third-order valence-electron chi connectivity index (χ3n) is 1.87. The smallest absolute Gasteiger partial charge is 0.356 e. The first-order valence-corrected chi connectivity index (χ1v) is 3.73. The molecule has 0 unspecified atom stereocenters. The Morgan fingerprint density at radius 1 is 1.62 bits per heavy atom. The number of nitrogens with one attached hydrogen (secondary N) is 1. The molecular formula is C8H7N3O2. The number of hydrogen-bond acceptors (Lipinski definition) is 3. The molecule has 13 heavy (non-hydrogen) atoms. The van der Waals surface area contributed by atoms with E-state index in [0.29, 0.717) is 5.52 Å². The Bertz CT molecular complexity index is 475. The predicted molar refractivity (Wildman–Crippen MR) is 45.6 cm³/mol. The van der Waals surface area contributed by atoms with E-state index in [4.69, 9.17) is 5.11 Å². The predicted octanol–water partition coefficient (Wildman–Crippen LogP) is 0.965. The molecule has 2 heterocycles. The monoisotopic (exact) mass is 177 g/mol. The van der Waals surface area contributed by atoms with Crippen molar-refractivity contribution < 1.29 is 9.90 Å². The lowest BCUT2D eigenvalue weighted by molar-refractivity contribution is 0.0692. The Hall–Kier alpha value is -1.91. The molecule has 0 radical (unpaired) electrons. The molecule has 0 aliphatic heterocycles. The summed E-state index contributed by atoms with van der Waals surface area (Å²) in [5.41, 5.74) is 1.24. The van der Waals surface area contributed by atoms with E-state index in [-0.39, 0.29) is 5.69 Å². The summed E-state index contributed by atoms with van der Waals surface area (Å²) in [5.74, 6) is -1.06. The highest BCUT2D eigenvalue weighted by Crippen LogP contribution is 2.16. The minimum absolute atomic E-state index is 0.0122. The topological polar surface area (TPSA) is 78.9 Å². The molecule has 0 aliphatic carbocycles. The van der Waals surface area contributed by atoms with Crippen molar-refractivity contribution >= 4 is 16.9 Å². The van der Waals surface area contributed by atoms with Gasteiger partial charge in [0, 0.05) is 17.3 Å². The molecule has 0 fully saturated rings. The lowest BCUT2D eigenvalue weighted by atomic mass is 10.2. The fraction of sp³-hybridized carbons (Fsp3) is 0.125. The van der Waals surface area contributed by atoms with Gasteiger partial charge in [0.1, 0.15) is 5.52 Å². The summed E-state index contributed by atoms with van der Waals surface area (Å²) in [4.78, 5) is 14.4. The second kappa shape index (κ2) is 2.55. The first kappa shape index (κ1) is 7.72. The van der Waals surface area contributed by atoms with Gasteiger partial charge < -0.3 is 5.11 Å². The number of carboxylic acids is 1. The van der Waals surface area contributed by atoms with Gasteiger partial charge in [-0.3, -0.25) is 5.10 Å². The Balaban J connectivity index is 2.84. The fourth-order valence-electron chi connectivity index (χ4n) is 1.23. The van der Waals surface area contributed by atoms with Crippen LogP contribution in [-0.2, 0) is 0 Å². The van der Waals surface area contributed by atoms with E-state index in [1.54, 1.807) is 6.07 Å². The van der Waals surface area contributed by atoms with E-state index in [2.05, 4.69) is 15.2 Å². The van der Waals surface area contributed by atoms with Gasteiger partial charge in [-0.15, -0.1) is 0 Å². The molecule has 0 amide bonds. The van der Waals surface area contributed by atoms with Gasteiger partial charge >= 0.3 is 5.97 Å². The van der Waals surface area contributed by atoms with Crippen LogP contribution in [0.2, 0.25) is 0 Å². The Kier molecular flexibility index (Phi) is 1.51. The molecule has 5 heteroatoms. The van der Waals surface area contributed by atoms with Crippen LogP contribution in [0.4, 0.5) is 0 Å². The minimum Gasteiger partial charge on any atom is -0.476 e. The number of hydrogen-bond donors (Lipinski definition) is 2. The van der Waals surface area contributed by atoms with Gasteiger partial charge in [-0.1, -0.05) is 0 Å². The molecule has 0 aliphatic rings. The van der Waals surface area contributed by atoms with Crippen LogP contribution in [0.5, 0.6) is 0 Å². The average molecular weight is 177 g/mol. The normalized spacial score (nSPS) is 10.5. The summed E-state index contributed by atoms with van der Waals surface area (Å²) < 4.78 is 0. The van der Waals surface area contributed by atoms with Crippen molar-refractivity contribution in [2.75, 3.05) is 0 Å². The lowest BCUT2D eigenvalue weighted by Gasteiger charge is -1.93. The summed E-state index contributed by atoms with van der Waals surface area (Å²) in [6.07, 6.45) is 1.47. The van der Waals surface area contributed by atoms with Crippen molar-refractivity contribution in [2.24, 2.45) is 0 Å². The third-order valence-corrected chi connectivity index (χ3v) is 1.87. The molecule has 2 aromatic rings. The number of fused-ring (bicyclic) bond motifs is 1. The van der Waals surface area contributed by atoms with Crippen molar-refractivity contribution in [1.82, 2.24) is 15.2 Å². The molecular weight excluding hydrogens is 170 g/mol. The summed E-state index contributed by atoms with van der Waals surface area (Å²) in [6, 6.07) is 1.74. The SMILES string of the molecule is Cc1[nH]nc2c(C(=O)O)nccc12. The zero-order valence-electron chi connectivity index (χ0n) is 6.90. The Morgan fingerprint density at radius 2 is 2.38 bits per heavy atom. The van der Waals surface area contributed by atoms with Crippen LogP contribution in [0.15, 0.2) is 12.3 Å². The highest BCUT2D eigenvalue weighted by atomic mass is 16.4. The number of aromatic nitrogens is 3. The van der Waals surface area contributed by atoms with Gasteiger partial charge in [0.2, 0.25) is 0 Å². The number of rotatable bonds is 1. The number of carbonyl (C=O) groups is 1. The van der Waals surface area contributed by atoms with E-state index < -0.39 is 5.97 Å². The summed E-state index contributed by atoms with van der Waals surface area (Å²) >= 11 is 0. The molecule has 2 N–H and O–H groups in total. The third kappa shape index (κ3) is 1.05. The highest BCUT2D eigenvalue weighted by molar-refractivity contribution is 6.00. The second-order valence-electron chi connectivity index (χ2n) is 2.71. The number of nitrogens with zero attached hydrogens (tertiary/aromatic N) is 2. The van der Waals surface area contributed by atoms with Crippen LogP contribution in [-0.4, -0.2) is 26.3 Å². The summed E-state index contributed by atoms with van der Waals surface area (Å²) in [6.45, 7) is 1.83. The van der Waals surface area contributed by atoms with Gasteiger partial charge in [-0.25, -0.2) is 9.78 Å². The minimum atomic E-state index is -1.06. The van der Waals surface area contributed by atoms with E-state index in [1.165, 1.54) is 6.20 Å². The first-order valence-electron chi connectivity index (χ1n) is 3.73. The van der Waals surface area contributed by atoms with Gasteiger partial charge in [-0.05, 0) is 13.0 Å². The fourth-order valence-corrected chi connectivity index (χ4v) is 1.23. The highest BCUT2D eigenvalue weighted by Gasteiger charge is 2.12. The van der Waals surface area contributed by atoms with Crippen molar-refractivity contribution in [2.45, 2.75) is 6.92 Å². The maximum Gasteiger partial charge on any atom is 0.356 e. The molecule has 66 valence electrons. The standard InChI is InChI=1S/C8H7N3O2/c1-4-5-2-3-9-7(8(12)13)6(5)11-10-4/h2-3H,1H3,(H,10,11)(H,12,13). The number of carboxylic acid groups (broad SMARTS) is 1. The van der Waals surface area contributed by atoms with Crippen LogP contribution in [0.1, 0.15) is 16.2 Å². The van der Waals surface area contributed by atoms with Crippen LogP contribution >= 0.6 is 0 Å². The molecule has 0 atom stereocenters. The van der Waals surface area contributed by atoms with Crippen molar-refractivity contribution in [3.05, 3.63) is 23.7 Å². The van der Waals surface area contributed by atoms with E-state index in [9.17, 15) is 4.79 Å². The van der Waals surface area contributed by atoms with Crippen LogP contribution < -0.4 is 0 Å². The lowest BCUT2D eigenvalue weighted by Crippen LogP contribution is -2.00. The largest absolute Gasteiger partial charge is 0.476 e. The molecule has 0 saturated heterocycles. The molecule has 0 aromatic carbocycles. The zero-order valence-corrected chi connectivity index (χ0v) is 6.90. The summed E-state index contributed by atoms with van der Waals surface area (Å²) in [7, 11) is 0. The van der Waals surface area contributed by atoms with E-state index in [1.807, 2.05) is 6.92 Å². The van der Waals surface area contributed by atoms with Crippen molar-refractivity contribution in [3.8, 4) is 0 Å². The quantitative estimate of drug-likeness (QED) is 0.680. The number of pyridine rings is 1. The van der Waals surface area contributed by atoms with Crippen LogP contribution in [0, 0.1) is 6.92 Å². The molecule has 0 saturated carbocycles. The average Bonchev–Trinajstić information content (AvgIpc) is 2.48.